The molecule has 0 bridgehead atoms. The van der Waals surface area contributed by atoms with Gasteiger partial charge in [-0.15, -0.1) is 0 Å². The number of ether oxygens (including phenoxy) is 2. The molecule has 3 aromatic rings. The third-order valence-electron chi connectivity index (χ3n) is 5.21. The van der Waals surface area contributed by atoms with Crippen LogP contribution in [0.3, 0.4) is 0 Å². The van der Waals surface area contributed by atoms with Crippen LogP contribution in [0, 0.1) is 15.9 Å². The number of thioether (sulfide) groups is 1. The molecule has 0 radical (unpaired) electrons. The maximum Gasteiger partial charge on any atom is 0.293 e. The Labute approximate surface area is 218 Å². The summed E-state index contributed by atoms with van der Waals surface area (Å²) in [5.41, 5.74) is 1.90. The highest BCUT2D eigenvalue weighted by Crippen LogP contribution is 2.39. The zero-order valence-electron chi connectivity index (χ0n) is 18.8. The molecule has 0 atom stereocenters. The molecule has 11 heteroatoms. The van der Waals surface area contributed by atoms with Crippen LogP contribution in [0.4, 0.5) is 14.9 Å². The SMILES string of the molecule is COc1cc(C=C2SC(=O)N(Cc3ccc([N+](=O)[O-])cc3)C2=O)cc(Br)c1OCc1ccc(F)cc1. The molecule has 0 N–H and O–H groups in total. The van der Waals surface area contributed by atoms with Gasteiger partial charge in [0.05, 0.1) is 28.0 Å². The summed E-state index contributed by atoms with van der Waals surface area (Å²) < 4.78 is 25.0. The van der Waals surface area contributed by atoms with Gasteiger partial charge in [-0.05, 0) is 74.7 Å². The largest absolute Gasteiger partial charge is 0.493 e. The maximum absolute atomic E-state index is 13.1. The fourth-order valence-corrected chi connectivity index (χ4v) is 4.81. The van der Waals surface area contributed by atoms with Crippen molar-refractivity contribution in [3.63, 3.8) is 0 Å². The average Bonchev–Trinajstić information content (AvgIpc) is 3.11. The van der Waals surface area contributed by atoms with Gasteiger partial charge in [-0.3, -0.25) is 24.6 Å². The number of imide groups is 1. The van der Waals surface area contributed by atoms with E-state index in [1.54, 1.807) is 30.3 Å². The lowest BCUT2D eigenvalue weighted by Gasteiger charge is -2.14. The van der Waals surface area contributed by atoms with Crippen LogP contribution in [0.2, 0.25) is 0 Å². The molecule has 0 aromatic heterocycles. The van der Waals surface area contributed by atoms with Crippen molar-refractivity contribution in [3.8, 4) is 11.5 Å². The van der Waals surface area contributed by atoms with E-state index >= 15 is 0 Å². The summed E-state index contributed by atoms with van der Waals surface area (Å²) in [7, 11) is 1.48. The average molecular weight is 573 g/mol. The van der Waals surface area contributed by atoms with E-state index in [1.165, 1.54) is 43.5 Å². The van der Waals surface area contributed by atoms with Crippen LogP contribution in [0.25, 0.3) is 6.08 Å². The van der Waals surface area contributed by atoms with Gasteiger partial charge < -0.3 is 9.47 Å². The lowest BCUT2D eigenvalue weighted by Crippen LogP contribution is -2.27. The number of methoxy groups -OCH3 is 1. The summed E-state index contributed by atoms with van der Waals surface area (Å²) in [4.78, 5) is 37.0. The summed E-state index contributed by atoms with van der Waals surface area (Å²) in [6.07, 6.45) is 1.58. The molecular formula is C25H18BrFN2O6S. The molecule has 0 saturated carbocycles. The minimum atomic E-state index is -0.516. The van der Waals surface area contributed by atoms with Crippen molar-refractivity contribution in [1.29, 1.82) is 0 Å². The topological polar surface area (TPSA) is 99.0 Å². The molecule has 184 valence electrons. The molecule has 8 nitrogen and oxygen atoms in total. The monoisotopic (exact) mass is 572 g/mol. The minimum Gasteiger partial charge on any atom is -0.493 e. The molecular weight excluding hydrogens is 555 g/mol. The number of nitro groups is 1. The van der Waals surface area contributed by atoms with Crippen molar-refractivity contribution in [3.05, 3.63) is 103 Å². The van der Waals surface area contributed by atoms with Gasteiger partial charge in [0, 0.05) is 12.1 Å². The Balaban J connectivity index is 1.50. The summed E-state index contributed by atoms with van der Waals surface area (Å²) >= 11 is 4.27. The lowest BCUT2D eigenvalue weighted by atomic mass is 10.1. The number of non-ortho nitro benzene ring substituents is 1. The molecule has 0 spiro atoms. The zero-order chi connectivity index (χ0) is 25.8. The van der Waals surface area contributed by atoms with Gasteiger partial charge in [0.15, 0.2) is 11.5 Å². The quantitative estimate of drug-likeness (QED) is 0.177. The second kappa shape index (κ2) is 10.9. The number of amides is 2. The van der Waals surface area contributed by atoms with E-state index in [2.05, 4.69) is 15.9 Å². The second-order valence-corrected chi connectivity index (χ2v) is 9.49. The first-order chi connectivity index (χ1) is 17.2. The molecule has 1 aliphatic rings. The number of halogens is 2. The molecule has 0 unspecified atom stereocenters. The third-order valence-corrected chi connectivity index (χ3v) is 6.70. The van der Waals surface area contributed by atoms with E-state index in [9.17, 15) is 24.1 Å². The number of nitro benzene ring substituents is 1. The number of rotatable bonds is 8. The highest BCUT2D eigenvalue weighted by Gasteiger charge is 2.35. The van der Waals surface area contributed by atoms with Gasteiger partial charge in [-0.1, -0.05) is 24.3 Å². The predicted molar refractivity (Wildman–Crippen MR) is 136 cm³/mol. The van der Waals surface area contributed by atoms with Gasteiger partial charge in [0.25, 0.3) is 16.8 Å². The molecule has 2 amide bonds. The summed E-state index contributed by atoms with van der Waals surface area (Å²) in [5, 5.41) is 10.4. The second-order valence-electron chi connectivity index (χ2n) is 7.64. The zero-order valence-corrected chi connectivity index (χ0v) is 21.2. The number of nitrogens with zero attached hydrogens (tertiary/aromatic N) is 2. The Morgan fingerprint density at radius 1 is 1.08 bits per heavy atom. The van der Waals surface area contributed by atoms with Crippen molar-refractivity contribution in [2.24, 2.45) is 0 Å². The van der Waals surface area contributed by atoms with E-state index in [4.69, 9.17) is 9.47 Å². The van der Waals surface area contributed by atoms with E-state index in [-0.39, 0.29) is 29.6 Å². The highest BCUT2D eigenvalue weighted by molar-refractivity contribution is 9.10. The van der Waals surface area contributed by atoms with Crippen molar-refractivity contribution in [1.82, 2.24) is 4.90 Å². The Morgan fingerprint density at radius 2 is 1.75 bits per heavy atom. The van der Waals surface area contributed by atoms with Crippen LogP contribution >= 0.6 is 27.7 Å². The van der Waals surface area contributed by atoms with E-state index in [1.807, 2.05) is 0 Å². The Bertz CT molecular complexity index is 1360. The molecule has 1 heterocycles. The van der Waals surface area contributed by atoms with E-state index in [0.29, 0.717) is 27.1 Å². The summed E-state index contributed by atoms with van der Waals surface area (Å²) in [5.74, 6) is 0.0437. The number of hydrogen-bond acceptors (Lipinski definition) is 7. The molecule has 0 aliphatic carbocycles. The van der Waals surface area contributed by atoms with Crippen LogP contribution in [-0.4, -0.2) is 28.1 Å². The Morgan fingerprint density at radius 3 is 2.39 bits per heavy atom. The molecule has 36 heavy (non-hydrogen) atoms. The van der Waals surface area contributed by atoms with Gasteiger partial charge in [0.1, 0.15) is 12.4 Å². The van der Waals surface area contributed by atoms with Gasteiger partial charge >= 0.3 is 0 Å². The van der Waals surface area contributed by atoms with Gasteiger partial charge in [0.2, 0.25) is 0 Å². The van der Waals surface area contributed by atoms with Crippen LogP contribution in [0.15, 0.2) is 70.0 Å². The van der Waals surface area contributed by atoms with Crippen LogP contribution in [-0.2, 0) is 17.9 Å². The first-order valence-electron chi connectivity index (χ1n) is 10.5. The molecule has 4 rings (SSSR count). The Hall–Kier alpha value is -3.70. The van der Waals surface area contributed by atoms with Crippen molar-refractivity contribution in [2.45, 2.75) is 13.2 Å². The number of carbonyl (C=O) groups is 2. The predicted octanol–water partition coefficient (Wildman–Crippen LogP) is 6.32. The number of carbonyl (C=O) groups excluding carboxylic acids is 2. The molecule has 1 aliphatic heterocycles. The summed E-state index contributed by atoms with van der Waals surface area (Å²) in [6, 6.07) is 15.0. The van der Waals surface area contributed by atoms with Crippen LogP contribution in [0.5, 0.6) is 11.5 Å². The van der Waals surface area contributed by atoms with Crippen molar-refractivity contribution >= 4 is 50.6 Å². The van der Waals surface area contributed by atoms with Gasteiger partial charge in [-0.25, -0.2) is 4.39 Å². The van der Waals surface area contributed by atoms with Crippen molar-refractivity contribution < 1.29 is 28.4 Å². The summed E-state index contributed by atoms with van der Waals surface area (Å²) in [6.45, 7) is 0.194. The van der Waals surface area contributed by atoms with E-state index < -0.39 is 16.1 Å². The fraction of sp³-hybridized carbons (Fsp3) is 0.120. The number of benzene rings is 3. The standard InChI is InChI=1S/C25H18BrFN2O6S/c1-34-21-11-17(10-20(26)23(21)35-14-16-2-6-18(27)7-3-16)12-22-24(30)28(25(31)36-22)13-15-4-8-19(9-5-15)29(32)33/h2-12H,13-14H2,1H3. The molecule has 1 saturated heterocycles. The third kappa shape index (κ3) is 5.74. The van der Waals surface area contributed by atoms with Crippen molar-refractivity contribution in [2.75, 3.05) is 7.11 Å². The normalized spacial score (nSPS) is 14.4. The molecule has 3 aromatic carbocycles. The maximum atomic E-state index is 13.1. The van der Waals surface area contributed by atoms with E-state index in [0.717, 1.165) is 22.2 Å². The number of hydrogen-bond donors (Lipinski definition) is 0. The van der Waals surface area contributed by atoms with Crippen LogP contribution in [0.1, 0.15) is 16.7 Å². The minimum absolute atomic E-state index is 0.00315. The Kier molecular flexibility index (Phi) is 7.70. The molecule has 1 fully saturated rings. The first-order valence-corrected chi connectivity index (χ1v) is 12.1. The van der Waals surface area contributed by atoms with Gasteiger partial charge in [-0.2, -0.15) is 0 Å². The first kappa shape index (κ1) is 25.4. The lowest BCUT2D eigenvalue weighted by molar-refractivity contribution is -0.384. The highest BCUT2D eigenvalue weighted by atomic mass is 79.9. The fourth-order valence-electron chi connectivity index (χ4n) is 3.39. The van der Waals surface area contributed by atoms with Crippen LogP contribution < -0.4 is 9.47 Å². The smallest absolute Gasteiger partial charge is 0.293 e.